The van der Waals surface area contributed by atoms with E-state index >= 15 is 0 Å². The molecular formula is C15H24N4. The first-order valence-corrected chi connectivity index (χ1v) is 6.82. The number of pyridine rings is 1. The molecule has 1 rings (SSSR count). The van der Waals surface area contributed by atoms with Gasteiger partial charge in [0.05, 0.1) is 16.9 Å². The summed E-state index contributed by atoms with van der Waals surface area (Å²) in [7, 11) is 2.13. The van der Waals surface area contributed by atoms with Crippen molar-refractivity contribution in [1.29, 1.82) is 5.26 Å². The summed E-state index contributed by atoms with van der Waals surface area (Å²) in [4.78, 5) is 6.64. The molecule has 1 aromatic heterocycles. The van der Waals surface area contributed by atoms with E-state index in [1.165, 1.54) is 0 Å². The zero-order valence-electron chi connectivity index (χ0n) is 12.6. The molecular weight excluding hydrogens is 236 g/mol. The summed E-state index contributed by atoms with van der Waals surface area (Å²) >= 11 is 0. The minimum atomic E-state index is 0.582. The van der Waals surface area contributed by atoms with Gasteiger partial charge in [0, 0.05) is 24.8 Å². The summed E-state index contributed by atoms with van der Waals surface area (Å²) in [6, 6.07) is 4.75. The fourth-order valence-electron chi connectivity index (χ4n) is 2.01. The number of anilines is 1. The molecule has 0 aliphatic heterocycles. The van der Waals surface area contributed by atoms with Crippen LogP contribution in [0, 0.1) is 25.2 Å². The van der Waals surface area contributed by atoms with Gasteiger partial charge in [-0.2, -0.15) is 5.26 Å². The second kappa shape index (κ2) is 7.10. The van der Waals surface area contributed by atoms with Crippen LogP contribution in [0.5, 0.6) is 0 Å². The maximum absolute atomic E-state index is 9.18. The van der Waals surface area contributed by atoms with Gasteiger partial charge in [-0.3, -0.25) is 4.98 Å². The van der Waals surface area contributed by atoms with Gasteiger partial charge in [0.2, 0.25) is 0 Å². The molecule has 1 atom stereocenters. The van der Waals surface area contributed by atoms with Gasteiger partial charge >= 0.3 is 0 Å². The molecule has 0 saturated heterocycles. The number of likely N-dealkylation sites (N-methyl/N-ethyl adjacent to an activating group) is 1. The molecule has 1 aromatic rings. The van der Waals surface area contributed by atoms with Gasteiger partial charge in [-0.25, -0.2) is 0 Å². The van der Waals surface area contributed by atoms with Crippen LogP contribution < -0.4 is 5.32 Å². The van der Waals surface area contributed by atoms with Crippen LogP contribution in [0.4, 0.5) is 5.69 Å². The monoisotopic (exact) mass is 260 g/mol. The first-order valence-electron chi connectivity index (χ1n) is 6.82. The van der Waals surface area contributed by atoms with Gasteiger partial charge in [-0.05, 0) is 40.3 Å². The van der Waals surface area contributed by atoms with Crippen molar-refractivity contribution in [3.63, 3.8) is 0 Å². The van der Waals surface area contributed by atoms with E-state index in [2.05, 4.69) is 42.2 Å². The number of nitrogens with zero attached hydrogens (tertiary/aromatic N) is 3. The van der Waals surface area contributed by atoms with E-state index in [0.29, 0.717) is 11.6 Å². The van der Waals surface area contributed by atoms with E-state index in [4.69, 9.17) is 0 Å². The van der Waals surface area contributed by atoms with Crippen molar-refractivity contribution in [2.24, 2.45) is 0 Å². The molecule has 0 aliphatic carbocycles. The Morgan fingerprint density at radius 3 is 2.74 bits per heavy atom. The first-order chi connectivity index (χ1) is 8.99. The molecule has 0 radical (unpaired) electrons. The van der Waals surface area contributed by atoms with E-state index in [1.54, 1.807) is 0 Å². The maximum atomic E-state index is 9.18. The highest BCUT2D eigenvalue weighted by Gasteiger charge is 2.09. The molecule has 19 heavy (non-hydrogen) atoms. The summed E-state index contributed by atoms with van der Waals surface area (Å²) in [5.74, 6) is 0. The van der Waals surface area contributed by atoms with E-state index in [1.807, 2.05) is 19.9 Å². The standard InChI is InChI=1S/C15H24N4/c1-6-12(3)19(5)8-7-17-15-9-11(2)18-13(4)14(15)10-16/h9,12H,6-8H2,1-5H3,(H,17,18). The Kier molecular flexibility index (Phi) is 5.78. The van der Waals surface area contributed by atoms with Gasteiger partial charge in [-0.1, -0.05) is 6.92 Å². The molecule has 104 valence electrons. The molecule has 0 spiro atoms. The molecule has 0 aliphatic rings. The SMILES string of the molecule is CCC(C)N(C)CCNc1cc(C)nc(C)c1C#N. The van der Waals surface area contributed by atoms with Crippen LogP contribution in [0.2, 0.25) is 0 Å². The summed E-state index contributed by atoms with van der Waals surface area (Å²) in [5.41, 5.74) is 3.27. The van der Waals surface area contributed by atoms with Gasteiger partial charge in [0.1, 0.15) is 6.07 Å². The average molecular weight is 260 g/mol. The van der Waals surface area contributed by atoms with Crippen LogP contribution >= 0.6 is 0 Å². The molecule has 0 aromatic carbocycles. The molecule has 4 heteroatoms. The number of nitrogens with one attached hydrogen (secondary N) is 1. The van der Waals surface area contributed by atoms with Crippen molar-refractivity contribution in [2.45, 2.75) is 40.2 Å². The lowest BCUT2D eigenvalue weighted by Crippen LogP contribution is -2.32. The smallest absolute Gasteiger partial charge is 0.103 e. The molecule has 0 fully saturated rings. The molecule has 4 nitrogen and oxygen atoms in total. The van der Waals surface area contributed by atoms with Crippen molar-refractivity contribution >= 4 is 5.69 Å². The van der Waals surface area contributed by atoms with Crippen molar-refractivity contribution in [3.8, 4) is 6.07 Å². The molecule has 0 saturated carbocycles. The van der Waals surface area contributed by atoms with Gasteiger partial charge in [-0.15, -0.1) is 0 Å². The fourth-order valence-corrected chi connectivity index (χ4v) is 2.01. The number of nitriles is 1. The molecule has 1 heterocycles. The van der Waals surface area contributed by atoms with Crippen LogP contribution in [-0.2, 0) is 0 Å². The van der Waals surface area contributed by atoms with Crippen LogP contribution in [0.15, 0.2) is 6.07 Å². The summed E-state index contributed by atoms with van der Waals surface area (Å²) in [5, 5.41) is 12.5. The second-order valence-electron chi connectivity index (χ2n) is 5.05. The van der Waals surface area contributed by atoms with E-state index in [9.17, 15) is 5.26 Å². The maximum Gasteiger partial charge on any atom is 0.103 e. The zero-order chi connectivity index (χ0) is 14.4. The predicted molar refractivity (Wildman–Crippen MR) is 79.3 cm³/mol. The lowest BCUT2D eigenvalue weighted by atomic mass is 10.1. The number of aromatic nitrogens is 1. The number of aryl methyl sites for hydroxylation is 2. The van der Waals surface area contributed by atoms with Crippen molar-refractivity contribution in [1.82, 2.24) is 9.88 Å². The highest BCUT2D eigenvalue weighted by Crippen LogP contribution is 2.18. The highest BCUT2D eigenvalue weighted by atomic mass is 15.1. The van der Waals surface area contributed by atoms with Crippen molar-refractivity contribution in [2.75, 3.05) is 25.5 Å². The van der Waals surface area contributed by atoms with Crippen molar-refractivity contribution in [3.05, 3.63) is 23.0 Å². The molecule has 0 bridgehead atoms. The number of hydrogen-bond donors (Lipinski definition) is 1. The third kappa shape index (κ3) is 4.22. The van der Waals surface area contributed by atoms with Crippen LogP contribution in [0.1, 0.15) is 37.2 Å². The molecule has 1 N–H and O–H groups in total. The predicted octanol–water partition coefficient (Wildman–Crippen LogP) is 2.71. The Balaban J connectivity index is 2.66. The quantitative estimate of drug-likeness (QED) is 0.854. The van der Waals surface area contributed by atoms with Crippen LogP contribution in [0.3, 0.4) is 0 Å². The Morgan fingerprint density at radius 2 is 2.16 bits per heavy atom. The lowest BCUT2D eigenvalue weighted by Gasteiger charge is -2.23. The second-order valence-corrected chi connectivity index (χ2v) is 5.05. The summed E-state index contributed by atoms with van der Waals surface area (Å²) in [6.07, 6.45) is 1.15. The Labute approximate surface area is 116 Å². The van der Waals surface area contributed by atoms with Gasteiger partial charge in [0.25, 0.3) is 0 Å². The third-order valence-corrected chi connectivity index (χ3v) is 3.56. The largest absolute Gasteiger partial charge is 0.383 e. The Morgan fingerprint density at radius 1 is 1.47 bits per heavy atom. The third-order valence-electron chi connectivity index (χ3n) is 3.56. The highest BCUT2D eigenvalue weighted by molar-refractivity contribution is 5.59. The first kappa shape index (κ1) is 15.5. The van der Waals surface area contributed by atoms with Gasteiger partial charge in [0.15, 0.2) is 0 Å². The normalized spacial score (nSPS) is 12.3. The molecule has 1 unspecified atom stereocenters. The van der Waals surface area contributed by atoms with Gasteiger partial charge < -0.3 is 10.2 Å². The van der Waals surface area contributed by atoms with E-state index in [-0.39, 0.29) is 0 Å². The topological polar surface area (TPSA) is 52.0 Å². The van der Waals surface area contributed by atoms with E-state index < -0.39 is 0 Å². The Bertz CT molecular complexity index is 462. The van der Waals surface area contributed by atoms with Crippen LogP contribution in [0.25, 0.3) is 0 Å². The average Bonchev–Trinajstić information content (AvgIpc) is 2.37. The summed E-state index contributed by atoms with van der Waals surface area (Å²) in [6.45, 7) is 10.0. The minimum absolute atomic E-state index is 0.582. The summed E-state index contributed by atoms with van der Waals surface area (Å²) < 4.78 is 0. The van der Waals surface area contributed by atoms with E-state index in [0.717, 1.165) is 36.6 Å². The zero-order valence-corrected chi connectivity index (χ0v) is 12.6. The number of rotatable bonds is 6. The minimum Gasteiger partial charge on any atom is -0.383 e. The number of hydrogen-bond acceptors (Lipinski definition) is 4. The van der Waals surface area contributed by atoms with Crippen molar-refractivity contribution < 1.29 is 0 Å². The molecule has 0 amide bonds. The Hall–Kier alpha value is -1.60. The fraction of sp³-hybridized carbons (Fsp3) is 0.600. The lowest BCUT2D eigenvalue weighted by molar-refractivity contribution is 0.261. The van der Waals surface area contributed by atoms with Crippen LogP contribution in [-0.4, -0.2) is 36.1 Å².